The molecular weight excluding hydrogens is 433 g/mol. The molecule has 32 heavy (non-hydrogen) atoms. The molecule has 3 aromatic rings. The molecule has 0 unspecified atom stereocenters. The van der Waals surface area contributed by atoms with Gasteiger partial charge in [0.2, 0.25) is 5.91 Å². The minimum Gasteiger partial charge on any atom is -0.355 e. The Morgan fingerprint density at radius 1 is 0.969 bits per heavy atom. The summed E-state index contributed by atoms with van der Waals surface area (Å²) in [6.45, 7) is 0.528. The van der Waals surface area contributed by atoms with Crippen molar-refractivity contribution in [3.8, 4) is 0 Å². The zero-order valence-electron chi connectivity index (χ0n) is 16.8. The highest BCUT2D eigenvalue weighted by Gasteiger charge is 2.24. The van der Waals surface area contributed by atoms with Gasteiger partial charge in [-0.2, -0.15) is 0 Å². The fraction of sp³-hybridized carbons (Fsp3) is 0.130. The lowest BCUT2D eigenvalue weighted by Crippen LogP contribution is -2.18. The van der Waals surface area contributed by atoms with Crippen LogP contribution in [0.25, 0.3) is 0 Å². The van der Waals surface area contributed by atoms with Gasteiger partial charge in [0.15, 0.2) is 0 Å². The number of hydrogen-bond acceptors (Lipinski definition) is 4. The summed E-state index contributed by atoms with van der Waals surface area (Å²) in [4.78, 5) is 24.1. The third-order valence-electron chi connectivity index (χ3n) is 5.16. The number of rotatable bonds is 6. The topological polar surface area (TPSA) is 104 Å². The second-order valence-electron chi connectivity index (χ2n) is 7.39. The van der Waals surface area contributed by atoms with Gasteiger partial charge in [0.05, 0.1) is 16.1 Å². The van der Waals surface area contributed by atoms with E-state index in [-0.39, 0.29) is 28.0 Å². The van der Waals surface area contributed by atoms with E-state index in [0.29, 0.717) is 18.7 Å². The number of benzene rings is 3. The van der Waals surface area contributed by atoms with Crippen LogP contribution in [0.5, 0.6) is 0 Å². The molecule has 3 aromatic carbocycles. The Labute approximate surface area is 184 Å². The van der Waals surface area contributed by atoms with E-state index in [1.165, 1.54) is 48.5 Å². The van der Waals surface area contributed by atoms with Crippen molar-refractivity contribution in [1.82, 2.24) is 5.32 Å². The minimum atomic E-state index is -3.96. The largest absolute Gasteiger partial charge is 0.355 e. The summed E-state index contributed by atoms with van der Waals surface area (Å²) in [5.41, 5.74) is 1.49. The van der Waals surface area contributed by atoms with Gasteiger partial charge in [-0.05, 0) is 54.1 Å². The van der Waals surface area contributed by atoms with Gasteiger partial charge in [0, 0.05) is 24.6 Å². The lowest BCUT2D eigenvalue weighted by atomic mass is 9.99. The maximum atomic E-state index is 13.1. The monoisotopic (exact) mass is 453 g/mol. The summed E-state index contributed by atoms with van der Waals surface area (Å²) < 4.78 is 41.4. The van der Waals surface area contributed by atoms with Gasteiger partial charge in [-0.3, -0.25) is 14.3 Å². The molecule has 1 aliphatic heterocycles. The van der Waals surface area contributed by atoms with E-state index in [1.54, 1.807) is 24.3 Å². The van der Waals surface area contributed by atoms with Crippen LogP contribution in [0.2, 0.25) is 0 Å². The van der Waals surface area contributed by atoms with Gasteiger partial charge in [-0.15, -0.1) is 0 Å². The number of para-hydroxylation sites is 1. The molecule has 0 saturated carbocycles. The molecule has 1 heterocycles. The quantitative estimate of drug-likeness (QED) is 0.532. The molecule has 0 aliphatic carbocycles. The van der Waals surface area contributed by atoms with E-state index in [0.717, 1.165) is 5.56 Å². The summed E-state index contributed by atoms with van der Waals surface area (Å²) in [6, 6.07) is 17.8. The van der Waals surface area contributed by atoms with Gasteiger partial charge in [-0.1, -0.05) is 24.3 Å². The third kappa shape index (κ3) is 4.78. The number of amides is 2. The van der Waals surface area contributed by atoms with Crippen LogP contribution in [0, 0.1) is 5.82 Å². The van der Waals surface area contributed by atoms with Crippen molar-refractivity contribution in [2.24, 2.45) is 0 Å². The third-order valence-corrected chi connectivity index (χ3v) is 6.54. The van der Waals surface area contributed by atoms with Gasteiger partial charge >= 0.3 is 0 Å². The molecule has 0 radical (unpaired) electrons. The molecule has 1 atom stereocenters. The van der Waals surface area contributed by atoms with E-state index in [4.69, 9.17) is 0 Å². The first-order chi connectivity index (χ1) is 15.3. The molecule has 1 aliphatic rings. The first-order valence-corrected chi connectivity index (χ1v) is 11.4. The number of anilines is 2. The molecule has 7 nitrogen and oxygen atoms in total. The van der Waals surface area contributed by atoms with Crippen LogP contribution >= 0.6 is 0 Å². The molecule has 1 fully saturated rings. The van der Waals surface area contributed by atoms with E-state index in [1.807, 2.05) is 0 Å². The highest BCUT2D eigenvalue weighted by Crippen LogP contribution is 2.26. The fourth-order valence-corrected chi connectivity index (χ4v) is 4.55. The Kier molecular flexibility index (Phi) is 5.91. The Balaban J connectivity index is 1.52. The van der Waals surface area contributed by atoms with Gasteiger partial charge in [0.25, 0.3) is 15.9 Å². The first-order valence-electron chi connectivity index (χ1n) is 9.87. The first kappa shape index (κ1) is 21.5. The SMILES string of the molecule is O=C1C[C@@H](c2ccc(S(=O)(=O)Nc3ccccc3C(=O)Nc3ccc(F)cc3)cc2)CN1. The fourth-order valence-electron chi connectivity index (χ4n) is 3.47. The van der Waals surface area contributed by atoms with Gasteiger partial charge in [-0.25, -0.2) is 12.8 Å². The number of carbonyl (C=O) groups excluding carboxylic acids is 2. The highest BCUT2D eigenvalue weighted by molar-refractivity contribution is 7.92. The zero-order chi connectivity index (χ0) is 22.7. The summed E-state index contributed by atoms with van der Waals surface area (Å²) in [5, 5.41) is 5.38. The molecule has 164 valence electrons. The number of sulfonamides is 1. The van der Waals surface area contributed by atoms with Crippen LogP contribution in [-0.4, -0.2) is 26.8 Å². The minimum absolute atomic E-state index is 0.0168. The van der Waals surface area contributed by atoms with Crippen LogP contribution < -0.4 is 15.4 Å². The molecule has 2 amide bonds. The highest BCUT2D eigenvalue weighted by atomic mass is 32.2. The average Bonchev–Trinajstić information content (AvgIpc) is 3.22. The van der Waals surface area contributed by atoms with Crippen LogP contribution in [0.3, 0.4) is 0 Å². The molecule has 3 N–H and O–H groups in total. The van der Waals surface area contributed by atoms with E-state index in [2.05, 4.69) is 15.4 Å². The molecule has 0 spiro atoms. The van der Waals surface area contributed by atoms with Crippen molar-refractivity contribution in [1.29, 1.82) is 0 Å². The van der Waals surface area contributed by atoms with Crippen molar-refractivity contribution in [2.45, 2.75) is 17.2 Å². The second-order valence-corrected chi connectivity index (χ2v) is 9.07. The standard InChI is InChI=1S/C23H20FN3O4S/c24-17-7-9-18(10-8-17)26-23(29)20-3-1-2-4-21(20)27-32(30,31)19-11-5-15(6-12-19)16-13-22(28)25-14-16/h1-12,16,27H,13-14H2,(H,25,28)(H,26,29)/t16-/m1/s1. The molecule has 9 heteroatoms. The molecule has 4 rings (SSSR count). The van der Waals surface area contributed by atoms with Crippen molar-refractivity contribution < 1.29 is 22.4 Å². The predicted molar refractivity (Wildman–Crippen MR) is 118 cm³/mol. The summed E-state index contributed by atoms with van der Waals surface area (Å²) in [6.07, 6.45) is 0.376. The molecule has 0 bridgehead atoms. The average molecular weight is 453 g/mol. The Morgan fingerprint density at radius 3 is 2.31 bits per heavy atom. The number of halogens is 1. The number of carbonyl (C=O) groups is 2. The molecule has 0 aromatic heterocycles. The lowest BCUT2D eigenvalue weighted by Gasteiger charge is -2.14. The van der Waals surface area contributed by atoms with Crippen molar-refractivity contribution in [3.63, 3.8) is 0 Å². The number of hydrogen-bond donors (Lipinski definition) is 3. The maximum absolute atomic E-state index is 13.1. The Bertz CT molecular complexity index is 1260. The van der Waals surface area contributed by atoms with Gasteiger partial charge < -0.3 is 10.6 Å². The Hall–Kier alpha value is -3.72. The smallest absolute Gasteiger partial charge is 0.261 e. The second kappa shape index (κ2) is 8.80. The van der Waals surface area contributed by atoms with Crippen LogP contribution in [0.15, 0.2) is 77.7 Å². The van der Waals surface area contributed by atoms with E-state index >= 15 is 0 Å². The van der Waals surface area contributed by atoms with E-state index < -0.39 is 21.7 Å². The van der Waals surface area contributed by atoms with Crippen molar-refractivity contribution in [3.05, 3.63) is 89.7 Å². The van der Waals surface area contributed by atoms with Crippen molar-refractivity contribution >= 4 is 33.2 Å². The number of nitrogens with one attached hydrogen (secondary N) is 3. The van der Waals surface area contributed by atoms with Crippen LogP contribution in [0.4, 0.5) is 15.8 Å². The summed E-state index contributed by atoms with van der Waals surface area (Å²) >= 11 is 0. The van der Waals surface area contributed by atoms with E-state index in [9.17, 15) is 22.4 Å². The molecule has 1 saturated heterocycles. The predicted octanol–water partition coefficient (Wildman–Crippen LogP) is 3.48. The normalized spacial score (nSPS) is 15.8. The summed E-state index contributed by atoms with van der Waals surface area (Å²) in [5.74, 6) is -0.978. The molecular formula is C23H20FN3O4S. The Morgan fingerprint density at radius 2 is 1.66 bits per heavy atom. The van der Waals surface area contributed by atoms with Crippen LogP contribution in [0.1, 0.15) is 28.3 Å². The summed E-state index contributed by atoms with van der Waals surface area (Å²) in [7, 11) is -3.96. The van der Waals surface area contributed by atoms with Crippen LogP contribution in [-0.2, 0) is 14.8 Å². The zero-order valence-corrected chi connectivity index (χ0v) is 17.7. The van der Waals surface area contributed by atoms with Crippen molar-refractivity contribution in [2.75, 3.05) is 16.6 Å². The lowest BCUT2D eigenvalue weighted by molar-refractivity contribution is -0.119. The van der Waals surface area contributed by atoms with Gasteiger partial charge in [0.1, 0.15) is 5.82 Å². The maximum Gasteiger partial charge on any atom is 0.261 e.